The Balaban J connectivity index is 1.66. The Morgan fingerprint density at radius 3 is 2.42 bits per heavy atom. The number of hydrogen-bond acceptors (Lipinski definition) is 5. The van der Waals surface area contributed by atoms with Crippen LogP contribution in [0.3, 0.4) is 0 Å². The molecule has 0 atom stereocenters. The minimum atomic E-state index is -3.74. The number of sulfonamides is 1. The topological polar surface area (TPSA) is 122 Å². The molecule has 0 unspecified atom stereocenters. The van der Waals surface area contributed by atoms with Crippen molar-refractivity contribution in [3.8, 4) is 0 Å². The van der Waals surface area contributed by atoms with Gasteiger partial charge in [-0.05, 0) is 49.9 Å². The highest BCUT2D eigenvalue weighted by atomic mass is 32.2. The molecular formula is C17H24N4O4S. The van der Waals surface area contributed by atoms with E-state index in [9.17, 15) is 18.0 Å². The molecule has 0 bridgehead atoms. The van der Waals surface area contributed by atoms with Crippen LogP contribution in [0.2, 0.25) is 0 Å². The van der Waals surface area contributed by atoms with E-state index in [0.29, 0.717) is 12.1 Å². The molecule has 1 heterocycles. The molecule has 142 valence electrons. The van der Waals surface area contributed by atoms with E-state index in [2.05, 4.69) is 10.6 Å². The standard InChI is InChI=1S/C17H24N4O4S/c18-13-3-5-14(6-4-13)20-17(23)12-1-7-15(8-2-12)26(24,25)21-10-9-19-16(22)11-21/h1-2,7-8,13-14H,3-6,9-11,18H2,(H,19,22)(H,20,23). The number of carbonyl (C=O) groups is 2. The first-order valence-electron chi connectivity index (χ1n) is 8.79. The van der Waals surface area contributed by atoms with Crippen LogP contribution >= 0.6 is 0 Å². The first-order valence-corrected chi connectivity index (χ1v) is 10.2. The molecule has 3 rings (SSSR count). The van der Waals surface area contributed by atoms with Crippen molar-refractivity contribution < 1.29 is 18.0 Å². The van der Waals surface area contributed by atoms with Gasteiger partial charge in [0, 0.05) is 30.7 Å². The number of nitrogens with one attached hydrogen (secondary N) is 2. The molecule has 1 saturated heterocycles. The second kappa shape index (κ2) is 7.73. The molecule has 9 heteroatoms. The predicted octanol–water partition coefficient (Wildman–Crippen LogP) is -0.193. The molecule has 0 radical (unpaired) electrons. The van der Waals surface area contributed by atoms with Crippen LogP contribution < -0.4 is 16.4 Å². The maximum Gasteiger partial charge on any atom is 0.251 e. The molecule has 2 fully saturated rings. The monoisotopic (exact) mass is 380 g/mol. The van der Waals surface area contributed by atoms with Gasteiger partial charge in [0.1, 0.15) is 0 Å². The molecule has 1 aliphatic carbocycles. The van der Waals surface area contributed by atoms with E-state index in [1.165, 1.54) is 24.3 Å². The van der Waals surface area contributed by atoms with Gasteiger partial charge in [0.2, 0.25) is 15.9 Å². The van der Waals surface area contributed by atoms with Gasteiger partial charge in [-0.3, -0.25) is 9.59 Å². The average Bonchev–Trinajstić information content (AvgIpc) is 2.64. The number of hydrogen-bond donors (Lipinski definition) is 3. The third kappa shape index (κ3) is 4.22. The van der Waals surface area contributed by atoms with Gasteiger partial charge in [0.05, 0.1) is 11.4 Å². The lowest BCUT2D eigenvalue weighted by molar-refractivity contribution is -0.122. The van der Waals surface area contributed by atoms with E-state index in [4.69, 9.17) is 5.73 Å². The highest BCUT2D eigenvalue weighted by molar-refractivity contribution is 7.89. The molecular weight excluding hydrogens is 356 g/mol. The summed E-state index contributed by atoms with van der Waals surface area (Å²) in [4.78, 5) is 23.8. The SMILES string of the molecule is NC1CCC(NC(=O)c2ccc(S(=O)(=O)N3CCNC(=O)C3)cc2)CC1. The van der Waals surface area contributed by atoms with Gasteiger partial charge in [0.25, 0.3) is 5.91 Å². The van der Waals surface area contributed by atoms with Crippen LogP contribution in [0.5, 0.6) is 0 Å². The zero-order chi connectivity index (χ0) is 18.7. The second-order valence-electron chi connectivity index (χ2n) is 6.80. The summed E-state index contributed by atoms with van der Waals surface area (Å²) in [5.74, 6) is -0.533. The van der Waals surface area contributed by atoms with Crippen LogP contribution in [0.4, 0.5) is 0 Å². The van der Waals surface area contributed by atoms with Crippen molar-refractivity contribution >= 4 is 21.8 Å². The van der Waals surface area contributed by atoms with Crippen molar-refractivity contribution in [1.29, 1.82) is 0 Å². The Hall–Kier alpha value is -1.97. The number of piperazine rings is 1. The maximum absolute atomic E-state index is 12.6. The molecule has 2 aliphatic rings. The number of rotatable bonds is 4. The lowest BCUT2D eigenvalue weighted by Gasteiger charge is -2.27. The zero-order valence-electron chi connectivity index (χ0n) is 14.5. The summed E-state index contributed by atoms with van der Waals surface area (Å²) < 4.78 is 26.3. The zero-order valence-corrected chi connectivity index (χ0v) is 15.3. The second-order valence-corrected chi connectivity index (χ2v) is 8.74. The fourth-order valence-corrected chi connectivity index (χ4v) is 4.68. The first-order chi connectivity index (χ1) is 12.4. The van der Waals surface area contributed by atoms with E-state index in [0.717, 1.165) is 30.0 Å². The molecule has 1 aromatic carbocycles. The van der Waals surface area contributed by atoms with E-state index in [1.807, 2.05) is 0 Å². The fraction of sp³-hybridized carbons (Fsp3) is 0.529. The van der Waals surface area contributed by atoms with Crippen LogP contribution in [0.1, 0.15) is 36.0 Å². The molecule has 1 aliphatic heterocycles. The largest absolute Gasteiger partial charge is 0.354 e. The van der Waals surface area contributed by atoms with Gasteiger partial charge in [-0.2, -0.15) is 4.31 Å². The van der Waals surface area contributed by atoms with E-state index in [1.54, 1.807) is 0 Å². The highest BCUT2D eigenvalue weighted by Crippen LogP contribution is 2.19. The Kier molecular flexibility index (Phi) is 5.59. The number of benzene rings is 1. The molecule has 1 aromatic rings. The molecule has 0 spiro atoms. The summed E-state index contributed by atoms with van der Waals surface area (Å²) in [5.41, 5.74) is 6.28. The van der Waals surface area contributed by atoms with E-state index in [-0.39, 0.29) is 41.9 Å². The molecule has 26 heavy (non-hydrogen) atoms. The van der Waals surface area contributed by atoms with Gasteiger partial charge in [-0.15, -0.1) is 0 Å². The molecule has 4 N–H and O–H groups in total. The summed E-state index contributed by atoms with van der Waals surface area (Å²) in [5, 5.41) is 5.57. The Morgan fingerprint density at radius 2 is 1.81 bits per heavy atom. The van der Waals surface area contributed by atoms with Crippen molar-refractivity contribution in [2.75, 3.05) is 19.6 Å². The van der Waals surface area contributed by atoms with Crippen LogP contribution in [0.25, 0.3) is 0 Å². The molecule has 1 saturated carbocycles. The van der Waals surface area contributed by atoms with Crippen molar-refractivity contribution in [3.05, 3.63) is 29.8 Å². The van der Waals surface area contributed by atoms with Gasteiger partial charge in [-0.1, -0.05) is 0 Å². The van der Waals surface area contributed by atoms with E-state index < -0.39 is 10.0 Å². The summed E-state index contributed by atoms with van der Waals surface area (Å²) in [7, 11) is -3.74. The number of amides is 2. The Bertz CT molecular complexity index is 770. The number of nitrogens with zero attached hydrogens (tertiary/aromatic N) is 1. The summed E-state index contributed by atoms with van der Waals surface area (Å²) in [6, 6.07) is 6.14. The third-order valence-electron chi connectivity index (χ3n) is 4.86. The molecule has 0 aromatic heterocycles. The van der Waals surface area contributed by atoms with Gasteiger partial charge < -0.3 is 16.4 Å². The third-order valence-corrected chi connectivity index (χ3v) is 6.72. The van der Waals surface area contributed by atoms with Crippen molar-refractivity contribution in [2.45, 2.75) is 42.7 Å². The minimum absolute atomic E-state index is 0.0763. The first kappa shape index (κ1) is 18.8. The van der Waals surface area contributed by atoms with Crippen molar-refractivity contribution in [1.82, 2.24) is 14.9 Å². The van der Waals surface area contributed by atoms with Crippen molar-refractivity contribution in [3.63, 3.8) is 0 Å². The summed E-state index contributed by atoms with van der Waals surface area (Å²) in [6.07, 6.45) is 3.50. The van der Waals surface area contributed by atoms with Crippen LogP contribution in [0, 0.1) is 0 Å². The highest BCUT2D eigenvalue weighted by Gasteiger charge is 2.29. The number of nitrogens with two attached hydrogens (primary N) is 1. The molecule has 2 amide bonds. The Labute approximate surface area is 153 Å². The number of carbonyl (C=O) groups excluding carboxylic acids is 2. The van der Waals surface area contributed by atoms with Crippen LogP contribution in [-0.4, -0.2) is 56.3 Å². The van der Waals surface area contributed by atoms with Gasteiger partial charge >= 0.3 is 0 Å². The maximum atomic E-state index is 12.6. The Morgan fingerprint density at radius 1 is 1.15 bits per heavy atom. The predicted molar refractivity (Wildman–Crippen MR) is 95.9 cm³/mol. The van der Waals surface area contributed by atoms with Gasteiger partial charge in [0.15, 0.2) is 0 Å². The lowest BCUT2D eigenvalue weighted by Crippen LogP contribution is -2.49. The fourth-order valence-electron chi connectivity index (χ4n) is 3.28. The van der Waals surface area contributed by atoms with Crippen molar-refractivity contribution in [2.24, 2.45) is 5.73 Å². The van der Waals surface area contributed by atoms with Crippen LogP contribution in [-0.2, 0) is 14.8 Å². The van der Waals surface area contributed by atoms with E-state index >= 15 is 0 Å². The normalized spacial score (nSPS) is 24.7. The summed E-state index contributed by atoms with van der Waals surface area (Å²) in [6.45, 7) is 0.345. The quantitative estimate of drug-likeness (QED) is 0.668. The van der Waals surface area contributed by atoms with Gasteiger partial charge in [-0.25, -0.2) is 8.42 Å². The summed E-state index contributed by atoms with van der Waals surface area (Å²) >= 11 is 0. The minimum Gasteiger partial charge on any atom is -0.354 e. The lowest BCUT2D eigenvalue weighted by atomic mass is 9.91. The smallest absolute Gasteiger partial charge is 0.251 e. The average molecular weight is 380 g/mol. The molecule has 8 nitrogen and oxygen atoms in total. The van der Waals surface area contributed by atoms with Crippen LogP contribution in [0.15, 0.2) is 29.2 Å².